The fourth-order valence-electron chi connectivity index (χ4n) is 2.07. The molecule has 0 aliphatic heterocycles. The third-order valence-electron chi connectivity index (χ3n) is 2.85. The second-order valence-corrected chi connectivity index (χ2v) is 4.31. The van der Waals surface area contributed by atoms with E-state index < -0.39 is 0 Å². The maximum atomic E-state index is 5.80. The van der Waals surface area contributed by atoms with Crippen LogP contribution in [0.1, 0.15) is 11.1 Å². The number of benzene rings is 2. The quantitative estimate of drug-likeness (QED) is 0.620. The minimum atomic E-state index is 0.689. The lowest BCUT2D eigenvalue weighted by atomic mass is 10.1. The molecule has 0 unspecified atom stereocenters. The number of rotatable bonds is 1. The summed E-state index contributed by atoms with van der Waals surface area (Å²) >= 11 is 0. The summed E-state index contributed by atoms with van der Waals surface area (Å²) in [6.45, 7) is 4.13. The number of hydrogen-bond acceptors (Lipinski definition) is 2. The highest BCUT2D eigenvalue weighted by Gasteiger charge is 2.09. The number of aryl methyl sites for hydroxylation is 2. The molecular formula is C15H13NO. The highest BCUT2D eigenvalue weighted by molar-refractivity contribution is 5.80. The van der Waals surface area contributed by atoms with Crippen molar-refractivity contribution < 1.29 is 4.42 Å². The zero-order valence-electron chi connectivity index (χ0n) is 9.90. The molecule has 0 aliphatic carbocycles. The Hall–Kier alpha value is -2.09. The molecule has 3 rings (SSSR count). The van der Waals surface area contributed by atoms with Crippen molar-refractivity contribution in [3.05, 3.63) is 53.6 Å². The molecule has 0 spiro atoms. The SMILES string of the molecule is Cc1cc(C)c2nc(-c3ccccc3)oc2c1. The molecule has 0 aliphatic rings. The molecule has 0 fully saturated rings. The van der Waals surface area contributed by atoms with E-state index in [4.69, 9.17) is 4.42 Å². The molecule has 0 amide bonds. The Morgan fingerprint density at radius 1 is 1.00 bits per heavy atom. The first-order valence-electron chi connectivity index (χ1n) is 5.67. The van der Waals surface area contributed by atoms with Crippen molar-refractivity contribution in [1.29, 1.82) is 0 Å². The van der Waals surface area contributed by atoms with Gasteiger partial charge in [-0.05, 0) is 43.2 Å². The summed E-state index contributed by atoms with van der Waals surface area (Å²) in [5.74, 6) is 0.689. The molecule has 2 aromatic carbocycles. The van der Waals surface area contributed by atoms with Gasteiger partial charge in [0.15, 0.2) is 5.58 Å². The Labute approximate surface area is 99.9 Å². The monoisotopic (exact) mass is 223 g/mol. The first-order valence-corrected chi connectivity index (χ1v) is 5.67. The van der Waals surface area contributed by atoms with Gasteiger partial charge in [0.05, 0.1) is 0 Å². The van der Waals surface area contributed by atoms with Crippen LogP contribution < -0.4 is 0 Å². The fourth-order valence-corrected chi connectivity index (χ4v) is 2.07. The largest absolute Gasteiger partial charge is 0.436 e. The average Bonchev–Trinajstić information content (AvgIpc) is 2.74. The molecule has 0 atom stereocenters. The molecule has 0 saturated carbocycles. The van der Waals surface area contributed by atoms with Crippen LogP contribution in [-0.4, -0.2) is 4.98 Å². The molecular weight excluding hydrogens is 210 g/mol. The smallest absolute Gasteiger partial charge is 0.227 e. The summed E-state index contributed by atoms with van der Waals surface area (Å²) in [5, 5.41) is 0. The van der Waals surface area contributed by atoms with Crippen molar-refractivity contribution in [3.63, 3.8) is 0 Å². The third kappa shape index (κ3) is 1.72. The van der Waals surface area contributed by atoms with Gasteiger partial charge < -0.3 is 4.42 Å². The van der Waals surface area contributed by atoms with Gasteiger partial charge in [0, 0.05) is 5.56 Å². The van der Waals surface area contributed by atoms with Crippen LogP contribution in [0.4, 0.5) is 0 Å². The maximum absolute atomic E-state index is 5.80. The topological polar surface area (TPSA) is 26.0 Å². The molecule has 2 heteroatoms. The number of aromatic nitrogens is 1. The van der Waals surface area contributed by atoms with Gasteiger partial charge in [-0.15, -0.1) is 0 Å². The standard InChI is InChI=1S/C15H13NO/c1-10-8-11(2)14-13(9-10)17-15(16-14)12-6-4-3-5-7-12/h3-9H,1-2H3. The first-order chi connectivity index (χ1) is 8.24. The van der Waals surface area contributed by atoms with E-state index >= 15 is 0 Å². The molecule has 1 heterocycles. The van der Waals surface area contributed by atoms with E-state index in [0.717, 1.165) is 22.2 Å². The van der Waals surface area contributed by atoms with Crippen molar-refractivity contribution in [1.82, 2.24) is 4.98 Å². The average molecular weight is 223 g/mol. The second kappa shape index (κ2) is 3.74. The zero-order valence-corrected chi connectivity index (χ0v) is 9.90. The minimum Gasteiger partial charge on any atom is -0.436 e. The van der Waals surface area contributed by atoms with E-state index in [-0.39, 0.29) is 0 Å². The van der Waals surface area contributed by atoms with Gasteiger partial charge in [-0.1, -0.05) is 24.3 Å². The van der Waals surface area contributed by atoms with Crippen LogP contribution in [0.5, 0.6) is 0 Å². The van der Waals surface area contributed by atoms with Crippen LogP contribution in [-0.2, 0) is 0 Å². The molecule has 3 aromatic rings. The Morgan fingerprint density at radius 3 is 2.53 bits per heavy atom. The van der Waals surface area contributed by atoms with E-state index in [1.165, 1.54) is 5.56 Å². The van der Waals surface area contributed by atoms with Crippen LogP contribution in [0.3, 0.4) is 0 Å². The lowest BCUT2D eigenvalue weighted by Crippen LogP contribution is -1.79. The van der Waals surface area contributed by atoms with Crippen LogP contribution in [0, 0.1) is 13.8 Å². The molecule has 1 aromatic heterocycles. The maximum Gasteiger partial charge on any atom is 0.227 e. The number of oxazole rings is 1. The zero-order chi connectivity index (χ0) is 11.8. The molecule has 0 bridgehead atoms. The van der Waals surface area contributed by atoms with E-state index in [0.29, 0.717) is 5.89 Å². The van der Waals surface area contributed by atoms with Crippen molar-refractivity contribution in [2.75, 3.05) is 0 Å². The number of fused-ring (bicyclic) bond motifs is 1. The Kier molecular flexibility index (Phi) is 2.22. The number of nitrogens with zero attached hydrogens (tertiary/aromatic N) is 1. The van der Waals surface area contributed by atoms with Crippen LogP contribution in [0.2, 0.25) is 0 Å². The van der Waals surface area contributed by atoms with Gasteiger partial charge in [0.2, 0.25) is 5.89 Å². The summed E-state index contributed by atoms with van der Waals surface area (Å²) < 4.78 is 5.80. The van der Waals surface area contributed by atoms with Crippen molar-refractivity contribution in [2.24, 2.45) is 0 Å². The van der Waals surface area contributed by atoms with Crippen LogP contribution in [0.25, 0.3) is 22.6 Å². The molecule has 17 heavy (non-hydrogen) atoms. The predicted molar refractivity (Wildman–Crippen MR) is 68.9 cm³/mol. The Morgan fingerprint density at radius 2 is 1.76 bits per heavy atom. The van der Waals surface area contributed by atoms with Gasteiger partial charge in [-0.3, -0.25) is 0 Å². The normalized spacial score (nSPS) is 10.9. The molecule has 0 N–H and O–H groups in total. The second-order valence-electron chi connectivity index (χ2n) is 4.31. The molecule has 0 saturated heterocycles. The fraction of sp³-hybridized carbons (Fsp3) is 0.133. The van der Waals surface area contributed by atoms with Gasteiger partial charge in [-0.2, -0.15) is 0 Å². The minimum absolute atomic E-state index is 0.689. The summed E-state index contributed by atoms with van der Waals surface area (Å²) in [5.41, 5.74) is 5.19. The Balaban J connectivity index is 2.24. The lowest BCUT2D eigenvalue weighted by molar-refractivity contribution is 0.619. The van der Waals surface area contributed by atoms with Crippen molar-refractivity contribution in [3.8, 4) is 11.5 Å². The highest BCUT2D eigenvalue weighted by atomic mass is 16.3. The summed E-state index contributed by atoms with van der Waals surface area (Å²) in [6, 6.07) is 14.1. The summed E-state index contributed by atoms with van der Waals surface area (Å²) in [4.78, 5) is 4.56. The van der Waals surface area contributed by atoms with E-state index in [2.05, 4.69) is 24.9 Å². The van der Waals surface area contributed by atoms with Crippen LogP contribution in [0.15, 0.2) is 46.9 Å². The molecule has 84 valence electrons. The predicted octanol–water partition coefficient (Wildman–Crippen LogP) is 4.11. The van der Waals surface area contributed by atoms with Crippen molar-refractivity contribution >= 4 is 11.1 Å². The summed E-state index contributed by atoms with van der Waals surface area (Å²) in [7, 11) is 0. The van der Waals surface area contributed by atoms with E-state index in [9.17, 15) is 0 Å². The first kappa shape index (κ1) is 10.1. The lowest BCUT2D eigenvalue weighted by Gasteiger charge is -1.94. The Bertz CT molecular complexity index is 668. The highest BCUT2D eigenvalue weighted by Crippen LogP contribution is 2.26. The molecule has 0 radical (unpaired) electrons. The van der Waals surface area contributed by atoms with Crippen molar-refractivity contribution in [2.45, 2.75) is 13.8 Å². The van der Waals surface area contributed by atoms with Gasteiger partial charge in [0.25, 0.3) is 0 Å². The van der Waals surface area contributed by atoms with Gasteiger partial charge in [-0.25, -0.2) is 4.98 Å². The van der Waals surface area contributed by atoms with Gasteiger partial charge in [0.1, 0.15) is 5.52 Å². The number of hydrogen-bond donors (Lipinski definition) is 0. The van der Waals surface area contributed by atoms with Crippen LogP contribution >= 0.6 is 0 Å². The third-order valence-corrected chi connectivity index (χ3v) is 2.85. The summed E-state index contributed by atoms with van der Waals surface area (Å²) in [6.07, 6.45) is 0. The van der Waals surface area contributed by atoms with E-state index in [1.807, 2.05) is 36.4 Å². The van der Waals surface area contributed by atoms with E-state index in [1.54, 1.807) is 0 Å². The molecule has 2 nitrogen and oxygen atoms in total. The van der Waals surface area contributed by atoms with Gasteiger partial charge >= 0.3 is 0 Å².